The number of carboxylic acid groups (broad SMARTS) is 1. The van der Waals surface area contributed by atoms with E-state index in [0.29, 0.717) is 4.47 Å². The van der Waals surface area contributed by atoms with Crippen LogP contribution in [0.4, 0.5) is 0 Å². The molecule has 9 heteroatoms. The van der Waals surface area contributed by atoms with Crippen molar-refractivity contribution in [2.75, 3.05) is 0 Å². The maximum atomic E-state index is 12.8. The molecule has 2 aromatic rings. The van der Waals surface area contributed by atoms with Gasteiger partial charge >= 0.3 is 5.97 Å². The van der Waals surface area contributed by atoms with E-state index < -0.39 is 31.6 Å². The second-order valence-corrected chi connectivity index (χ2v) is 10.1. The van der Waals surface area contributed by atoms with E-state index in [1.807, 2.05) is 0 Å². The number of halogens is 1. The Balaban J connectivity index is 2.38. The van der Waals surface area contributed by atoms with Crippen molar-refractivity contribution in [1.29, 1.82) is 0 Å². The van der Waals surface area contributed by atoms with Crippen LogP contribution in [0, 0.1) is 0 Å². The molecule has 1 heterocycles. The van der Waals surface area contributed by atoms with Gasteiger partial charge in [0.15, 0.2) is 0 Å². The third-order valence-electron chi connectivity index (χ3n) is 3.90. The van der Waals surface area contributed by atoms with E-state index in [4.69, 9.17) is 5.11 Å². The van der Waals surface area contributed by atoms with E-state index >= 15 is 0 Å². The minimum absolute atomic E-state index is 0.223. The number of sulfone groups is 2. The zero-order valence-electron chi connectivity index (χ0n) is 12.2. The standard InChI is InChI=1S/C15H11BrO6S2/c1-8(15(17)18)9-2-4-11-13(6-9)23(19,20)12-5-3-10(16)7-14(12)24(11,21)22/h2-8H,1H3,(H,17,18). The van der Waals surface area contributed by atoms with E-state index in [1.54, 1.807) is 0 Å². The average Bonchev–Trinajstić information content (AvgIpc) is 2.52. The first-order valence-electron chi connectivity index (χ1n) is 6.73. The Hall–Kier alpha value is -1.71. The van der Waals surface area contributed by atoms with Gasteiger partial charge < -0.3 is 5.11 Å². The summed E-state index contributed by atoms with van der Waals surface area (Å²) in [4.78, 5) is 9.80. The van der Waals surface area contributed by atoms with Crippen LogP contribution in [0.15, 0.2) is 60.5 Å². The van der Waals surface area contributed by atoms with Crippen LogP contribution < -0.4 is 0 Å². The lowest BCUT2D eigenvalue weighted by Gasteiger charge is -2.21. The number of rotatable bonds is 2. The summed E-state index contributed by atoms with van der Waals surface area (Å²) in [6.45, 7) is 1.40. The van der Waals surface area contributed by atoms with Gasteiger partial charge in [-0.25, -0.2) is 16.8 Å². The van der Waals surface area contributed by atoms with E-state index in [2.05, 4.69) is 15.9 Å². The minimum Gasteiger partial charge on any atom is -0.481 e. The molecule has 1 unspecified atom stereocenters. The van der Waals surface area contributed by atoms with Crippen LogP contribution in [0.2, 0.25) is 0 Å². The Morgan fingerprint density at radius 3 is 1.96 bits per heavy atom. The minimum atomic E-state index is -4.06. The summed E-state index contributed by atoms with van der Waals surface area (Å²) in [6, 6.07) is 7.53. The molecule has 0 aliphatic carbocycles. The maximum absolute atomic E-state index is 12.8. The predicted molar refractivity (Wildman–Crippen MR) is 87.5 cm³/mol. The zero-order valence-corrected chi connectivity index (χ0v) is 15.4. The highest BCUT2D eigenvalue weighted by molar-refractivity contribution is 9.10. The van der Waals surface area contributed by atoms with Crippen molar-refractivity contribution in [3.05, 3.63) is 46.4 Å². The summed E-state index contributed by atoms with van der Waals surface area (Å²) in [5, 5.41) is 9.09. The van der Waals surface area contributed by atoms with Crippen molar-refractivity contribution in [3.63, 3.8) is 0 Å². The number of benzene rings is 2. The number of fused-ring (bicyclic) bond motifs is 2. The molecule has 1 aliphatic rings. The molecular formula is C15H11BrO6S2. The molecule has 0 saturated carbocycles. The van der Waals surface area contributed by atoms with Crippen LogP contribution in [0.1, 0.15) is 18.4 Å². The number of aliphatic carboxylic acids is 1. The molecule has 1 atom stereocenters. The SMILES string of the molecule is CC(C(=O)O)c1ccc2c(c1)S(=O)(=O)c1ccc(Br)cc1S2(=O)=O. The van der Waals surface area contributed by atoms with E-state index in [0.717, 1.165) is 12.1 Å². The van der Waals surface area contributed by atoms with Gasteiger partial charge in [-0.2, -0.15) is 0 Å². The molecule has 2 aromatic carbocycles. The molecule has 0 fully saturated rings. The molecule has 0 bridgehead atoms. The number of carboxylic acids is 1. The average molecular weight is 431 g/mol. The van der Waals surface area contributed by atoms with Crippen molar-refractivity contribution >= 4 is 41.6 Å². The van der Waals surface area contributed by atoms with E-state index in [9.17, 15) is 21.6 Å². The lowest BCUT2D eigenvalue weighted by atomic mass is 10.0. The van der Waals surface area contributed by atoms with Crippen LogP contribution >= 0.6 is 15.9 Å². The van der Waals surface area contributed by atoms with Gasteiger partial charge in [0.25, 0.3) is 0 Å². The third-order valence-corrected chi connectivity index (χ3v) is 8.36. The van der Waals surface area contributed by atoms with E-state index in [1.165, 1.54) is 31.2 Å². The first-order chi connectivity index (χ1) is 11.1. The largest absolute Gasteiger partial charge is 0.481 e. The second-order valence-electron chi connectivity index (χ2n) is 5.36. The van der Waals surface area contributed by atoms with Crippen LogP contribution in [0.25, 0.3) is 0 Å². The lowest BCUT2D eigenvalue weighted by Crippen LogP contribution is -2.20. The fraction of sp³-hybridized carbons (Fsp3) is 0.133. The molecular weight excluding hydrogens is 420 g/mol. The lowest BCUT2D eigenvalue weighted by molar-refractivity contribution is -0.138. The van der Waals surface area contributed by atoms with E-state index in [-0.39, 0.29) is 25.1 Å². The van der Waals surface area contributed by atoms with Crippen LogP contribution in [-0.2, 0) is 24.5 Å². The summed E-state index contributed by atoms with van der Waals surface area (Å²) >= 11 is 3.14. The fourth-order valence-electron chi connectivity index (χ4n) is 2.52. The first-order valence-corrected chi connectivity index (χ1v) is 10.5. The molecule has 0 amide bonds. The van der Waals surface area contributed by atoms with Gasteiger partial charge in [-0.05, 0) is 42.8 Å². The van der Waals surface area contributed by atoms with Crippen molar-refractivity contribution < 1.29 is 26.7 Å². The molecule has 3 rings (SSSR count). The molecule has 6 nitrogen and oxygen atoms in total. The molecule has 126 valence electrons. The summed E-state index contributed by atoms with van der Waals surface area (Å²) in [6.07, 6.45) is 0. The van der Waals surface area contributed by atoms with Crippen molar-refractivity contribution in [1.82, 2.24) is 0 Å². The van der Waals surface area contributed by atoms with Crippen LogP contribution in [0.3, 0.4) is 0 Å². The summed E-state index contributed by atoms with van der Waals surface area (Å²) in [7, 11) is -8.08. The monoisotopic (exact) mass is 430 g/mol. The highest BCUT2D eigenvalue weighted by atomic mass is 79.9. The molecule has 0 aromatic heterocycles. The Kier molecular flexibility index (Phi) is 3.85. The molecule has 0 radical (unpaired) electrons. The topological polar surface area (TPSA) is 106 Å². The van der Waals surface area contributed by atoms with Gasteiger partial charge in [0.1, 0.15) is 0 Å². The van der Waals surface area contributed by atoms with Gasteiger partial charge in [0.2, 0.25) is 19.7 Å². The highest BCUT2D eigenvalue weighted by Gasteiger charge is 2.39. The number of hydrogen-bond acceptors (Lipinski definition) is 5. The Morgan fingerprint density at radius 2 is 1.42 bits per heavy atom. The smallest absolute Gasteiger partial charge is 0.310 e. The van der Waals surface area contributed by atoms with Gasteiger partial charge in [0.05, 0.1) is 25.5 Å². The van der Waals surface area contributed by atoms with Crippen molar-refractivity contribution in [2.24, 2.45) is 0 Å². The first kappa shape index (κ1) is 17.1. The maximum Gasteiger partial charge on any atom is 0.310 e. The third kappa shape index (κ3) is 2.38. The Bertz CT molecular complexity index is 1090. The van der Waals surface area contributed by atoms with Gasteiger partial charge in [-0.15, -0.1) is 0 Å². The summed E-state index contributed by atoms with van der Waals surface area (Å²) < 4.78 is 51.6. The highest BCUT2D eigenvalue weighted by Crippen LogP contribution is 2.42. The molecule has 24 heavy (non-hydrogen) atoms. The zero-order chi connectivity index (χ0) is 17.9. The summed E-state index contributed by atoms with van der Waals surface area (Å²) in [5.74, 6) is -2.09. The molecule has 0 spiro atoms. The second kappa shape index (κ2) is 5.40. The molecule has 0 saturated heterocycles. The summed E-state index contributed by atoms with van der Waals surface area (Å²) in [5.41, 5.74) is 0.223. The van der Waals surface area contributed by atoms with Gasteiger partial charge in [-0.3, -0.25) is 4.79 Å². The molecule has 1 N–H and O–H groups in total. The normalized spacial score (nSPS) is 18.2. The quantitative estimate of drug-likeness (QED) is 0.669. The number of hydrogen-bond donors (Lipinski definition) is 1. The fourth-order valence-corrected chi connectivity index (χ4v) is 7.20. The van der Waals surface area contributed by atoms with Crippen LogP contribution in [-0.4, -0.2) is 27.9 Å². The Labute approximate surface area is 147 Å². The van der Waals surface area contributed by atoms with Crippen molar-refractivity contribution in [3.8, 4) is 0 Å². The van der Waals surface area contributed by atoms with Crippen molar-refractivity contribution in [2.45, 2.75) is 32.4 Å². The van der Waals surface area contributed by atoms with Gasteiger partial charge in [0, 0.05) is 4.47 Å². The predicted octanol–water partition coefficient (Wildman–Crippen LogP) is 2.62. The van der Waals surface area contributed by atoms with Crippen LogP contribution in [0.5, 0.6) is 0 Å². The number of carbonyl (C=O) groups is 1. The molecule has 1 aliphatic heterocycles. The Morgan fingerprint density at radius 1 is 0.917 bits per heavy atom. The van der Waals surface area contributed by atoms with Gasteiger partial charge in [-0.1, -0.05) is 22.0 Å².